The van der Waals surface area contributed by atoms with E-state index in [4.69, 9.17) is 0 Å². The van der Waals surface area contributed by atoms with Crippen LogP contribution < -0.4 is 0 Å². The Morgan fingerprint density at radius 3 is 3.21 bits per heavy atom. The highest BCUT2D eigenvalue weighted by atomic mass is 32.2. The topological polar surface area (TPSA) is 12.9 Å². The minimum absolute atomic E-state index is 0.761. The molecular formula is C12H17NS. The van der Waals surface area contributed by atoms with E-state index in [1.807, 2.05) is 6.20 Å². The molecule has 0 aromatic carbocycles. The monoisotopic (exact) mass is 207 g/mol. The molecule has 1 aliphatic rings. The highest BCUT2D eigenvalue weighted by Crippen LogP contribution is 2.32. The van der Waals surface area contributed by atoms with Crippen LogP contribution in [0.1, 0.15) is 36.8 Å². The van der Waals surface area contributed by atoms with Crippen LogP contribution in [-0.2, 0) is 6.42 Å². The van der Waals surface area contributed by atoms with Crippen LogP contribution in [0.2, 0.25) is 0 Å². The minimum Gasteiger partial charge on any atom is -0.264 e. The third kappa shape index (κ3) is 2.11. The van der Waals surface area contributed by atoms with Gasteiger partial charge in [-0.1, -0.05) is 6.92 Å². The lowest BCUT2D eigenvalue weighted by molar-refractivity contribution is 0.651. The standard InChI is InChI=1S/C12H17NS/c1-2-10-5-6-13-8-12(10)11-4-3-7-14-9-11/h5-6,8,11H,2-4,7,9H2,1H3. The van der Waals surface area contributed by atoms with E-state index < -0.39 is 0 Å². The number of aryl methyl sites for hydroxylation is 1. The maximum Gasteiger partial charge on any atom is 0.0305 e. The molecule has 2 heteroatoms. The summed E-state index contributed by atoms with van der Waals surface area (Å²) in [6.45, 7) is 2.23. The Balaban J connectivity index is 2.20. The molecule has 0 amide bonds. The number of hydrogen-bond acceptors (Lipinski definition) is 2. The van der Waals surface area contributed by atoms with Gasteiger partial charge in [0.25, 0.3) is 0 Å². The smallest absolute Gasteiger partial charge is 0.0305 e. The van der Waals surface area contributed by atoms with E-state index in [1.54, 1.807) is 0 Å². The number of hydrogen-bond donors (Lipinski definition) is 0. The summed E-state index contributed by atoms with van der Waals surface area (Å²) in [5.41, 5.74) is 3.00. The van der Waals surface area contributed by atoms with E-state index in [1.165, 1.54) is 35.5 Å². The van der Waals surface area contributed by atoms with Crippen molar-refractivity contribution in [1.29, 1.82) is 0 Å². The summed E-state index contributed by atoms with van der Waals surface area (Å²) in [6, 6.07) is 2.18. The highest BCUT2D eigenvalue weighted by Gasteiger charge is 2.17. The molecule has 0 aliphatic carbocycles. The average molecular weight is 207 g/mol. The molecule has 1 unspecified atom stereocenters. The van der Waals surface area contributed by atoms with Crippen LogP contribution in [0.3, 0.4) is 0 Å². The van der Waals surface area contributed by atoms with Crippen molar-refractivity contribution < 1.29 is 0 Å². The molecule has 0 radical (unpaired) electrons. The summed E-state index contributed by atoms with van der Waals surface area (Å²) in [6.07, 6.45) is 7.85. The fourth-order valence-corrected chi connectivity index (χ4v) is 3.28. The van der Waals surface area contributed by atoms with E-state index in [0.717, 1.165) is 12.3 Å². The Kier molecular flexibility index (Phi) is 3.46. The molecular weight excluding hydrogens is 190 g/mol. The molecule has 0 spiro atoms. The molecule has 0 bridgehead atoms. The Bertz CT molecular complexity index is 292. The van der Waals surface area contributed by atoms with Crippen LogP contribution in [0.5, 0.6) is 0 Å². The van der Waals surface area contributed by atoms with Gasteiger partial charge in [-0.3, -0.25) is 4.98 Å². The second-order valence-corrected chi connectivity index (χ2v) is 4.99. The minimum atomic E-state index is 0.761. The van der Waals surface area contributed by atoms with Gasteiger partial charge in [0.15, 0.2) is 0 Å². The van der Waals surface area contributed by atoms with Crippen molar-refractivity contribution in [3.8, 4) is 0 Å². The number of aromatic nitrogens is 1. The maximum atomic E-state index is 4.26. The molecule has 1 aromatic rings. The Morgan fingerprint density at radius 1 is 1.57 bits per heavy atom. The third-order valence-electron chi connectivity index (χ3n) is 2.93. The lowest BCUT2D eigenvalue weighted by atomic mass is 9.92. The molecule has 1 atom stereocenters. The van der Waals surface area contributed by atoms with Gasteiger partial charge in [0.1, 0.15) is 0 Å². The third-order valence-corrected chi connectivity index (χ3v) is 4.14. The molecule has 14 heavy (non-hydrogen) atoms. The van der Waals surface area contributed by atoms with Crippen molar-refractivity contribution in [2.45, 2.75) is 32.1 Å². The first-order valence-electron chi connectivity index (χ1n) is 5.42. The summed E-state index contributed by atoms with van der Waals surface area (Å²) < 4.78 is 0. The zero-order valence-corrected chi connectivity index (χ0v) is 9.52. The van der Waals surface area contributed by atoms with Gasteiger partial charge >= 0.3 is 0 Å². The lowest BCUT2D eigenvalue weighted by Gasteiger charge is -2.23. The molecule has 1 fully saturated rings. The first-order chi connectivity index (χ1) is 6.92. The number of rotatable bonds is 2. The Hall–Kier alpha value is -0.500. The Morgan fingerprint density at radius 2 is 2.50 bits per heavy atom. The van der Waals surface area contributed by atoms with Crippen LogP contribution >= 0.6 is 11.8 Å². The van der Waals surface area contributed by atoms with Gasteiger partial charge in [0, 0.05) is 18.1 Å². The van der Waals surface area contributed by atoms with Crippen molar-refractivity contribution in [3.05, 3.63) is 29.6 Å². The summed E-state index contributed by atoms with van der Waals surface area (Å²) in [7, 11) is 0. The predicted octanol–water partition coefficient (Wildman–Crippen LogP) is 3.25. The molecule has 1 nitrogen and oxygen atoms in total. The number of pyridine rings is 1. The lowest BCUT2D eigenvalue weighted by Crippen LogP contribution is -2.11. The van der Waals surface area contributed by atoms with Gasteiger partial charge in [-0.2, -0.15) is 11.8 Å². The average Bonchev–Trinajstić information content (AvgIpc) is 2.30. The van der Waals surface area contributed by atoms with Crippen molar-refractivity contribution in [3.63, 3.8) is 0 Å². The van der Waals surface area contributed by atoms with Crippen LogP contribution in [-0.4, -0.2) is 16.5 Å². The van der Waals surface area contributed by atoms with Gasteiger partial charge in [0.2, 0.25) is 0 Å². The summed E-state index contributed by atoms with van der Waals surface area (Å²) in [5.74, 6) is 3.40. The molecule has 0 saturated carbocycles. The number of nitrogens with zero attached hydrogens (tertiary/aromatic N) is 1. The van der Waals surface area contributed by atoms with E-state index in [2.05, 4.69) is 35.9 Å². The maximum absolute atomic E-state index is 4.26. The van der Waals surface area contributed by atoms with Gasteiger partial charge in [-0.25, -0.2) is 0 Å². The van der Waals surface area contributed by atoms with Gasteiger partial charge < -0.3 is 0 Å². The molecule has 1 aromatic heterocycles. The fraction of sp³-hybridized carbons (Fsp3) is 0.583. The second kappa shape index (κ2) is 4.83. The van der Waals surface area contributed by atoms with E-state index in [0.29, 0.717) is 0 Å². The summed E-state index contributed by atoms with van der Waals surface area (Å²) in [4.78, 5) is 4.26. The second-order valence-electron chi connectivity index (χ2n) is 3.84. The van der Waals surface area contributed by atoms with Crippen LogP contribution in [0.25, 0.3) is 0 Å². The highest BCUT2D eigenvalue weighted by molar-refractivity contribution is 7.99. The van der Waals surface area contributed by atoms with E-state index in [-0.39, 0.29) is 0 Å². The largest absolute Gasteiger partial charge is 0.264 e. The summed E-state index contributed by atoms with van der Waals surface area (Å²) >= 11 is 2.09. The van der Waals surface area contributed by atoms with Crippen molar-refractivity contribution >= 4 is 11.8 Å². The fourth-order valence-electron chi connectivity index (χ4n) is 2.11. The Labute approximate surface area is 90.3 Å². The summed E-state index contributed by atoms with van der Waals surface area (Å²) in [5, 5.41) is 0. The zero-order valence-electron chi connectivity index (χ0n) is 8.70. The predicted molar refractivity (Wildman–Crippen MR) is 62.9 cm³/mol. The number of thioether (sulfide) groups is 1. The molecule has 2 rings (SSSR count). The van der Waals surface area contributed by atoms with E-state index in [9.17, 15) is 0 Å². The zero-order chi connectivity index (χ0) is 9.80. The van der Waals surface area contributed by atoms with E-state index >= 15 is 0 Å². The SMILES string of the molecule is CCc1ccncc1C1CCCSC1. The van der Waals surface area contributed by atoms with Crippen molar-refractivity contribution in [1.82, 2.24) is 4.98 Å². The quantitative estimate of drug-likeness (QED) is 0.738. The van der Waals surface area contributed by atoms with Crippen molar-refractivity contribution in [2.24, 2.45) is 0 Å². The van der Waals surface area contributed by atoms with Gasteiger partial charge in [-0.05, 0) is 48.1 Å². The molecule has 1 aliphatic heterocycles. The molecule has 1 saturated heterocycles. The normalized spacial score (nSPS) is 22.2. The van der Waals surface area contributed by atoms with Crippen LogP contribution in [0.4, 0.5) is 0 Å². The molecule has 0 N–H and O–H groups in total. The van der Waals surface area contributed by atoms with Crippen molar-refractivity contribution in [2.75, 3.05) is 11.5 Å². The first kappa shape index (κ1) is 10.0. The molecule has 2 heterocycles. The first-order valence-corrected chi connectivity index (χ1v) is 6.57. The van der Waals surface area contributed by atoms with Gasteiger partial charge in [-0.15, -0.1) is 0 Å². The van der Waals surface area contributed by atoms with Crippen LogP contribution in [0.15, 0.2) is 18.5 Å². The van der Waals surface area contributed by atoms with Gasteiger partial charge in [0.05, 0.1) is 0 Å². The van der Waals surface area contributed by atoms with Crippen LogP contribution in [0, 0.1) is 0 Å². The molecule has 76 valence electrons.